The summed E-state index contributed by atoms with van der Waals surface area (Å²) in [6, 6.07) is 16.7. The maximum Gasteiger partial charge on any atom is 0.258 e. The van der Waals surface area contributed by atoms with E-state index in [-0.39, 0.29) is 12.1 Å². The van der Waals surface area contributed by atoms with Crippen LogP contribution < -0.4 is 5.32 Å². The Bertz CT molecular complexity index is 709. The lowest BCUT2D eigenvalue weighted by Crippen LogP contribution is -2.44. The minimum Gasteiger partial charge on any atom is -0.361 e. The fourth-order valence-corrected chi connectivity index (χ4v) is 3.44. The summed E-state index contributed by atoms with van der Waals surface area (Å²) in [6.07, 6.45) is 4.22. The molecule has 0 saturated heterocycles. The normalized spacial score (nSPS) is 20.5. The van der Waals surface area contributed by atoms with Gasteiger partial charge in [0, 0.05) is 16.6 Å². The summed E-state index contributed by atoms with van der Waals surface area (Å²) in [7, 11) is 0. The fourth-order valence-electron chi connectivity index (χ4n) is 3.03. The maximum atomic E-state index is 12.9. The summed E-state index contributed by atoms with van der Waals surface area (Å²) in [5.41, 5.74) is 2.86. The third kappa shape index (κ3) is 2.28. The Morgan fingerprint density at radius 1 is 1.09 bits per heavy atom. The van der Waals surface area contributed by atoms with Gasteiger partial charge in [0.05, 0.1) is 5.56 Å². The van der Waals surface area contributed by atoms with Gasteiger partial charge in [0.15, 0.2) is 0 Å². The van der Waals surface area contributed by atoms with E-state index >= 15 is 0 Å². The van der Waals surface area contributed by atoms with Crippen molar-refractivity contribution in [1.29, 1.82) is 0 Å². The first-order chi connectivity index (χ1) is 10.8. The molecule has 3 nitrogen and oxygen atoms in total. The zero-order valence-corrected chi connectivity index (χ0v) is 13.3. The topological polar surface area (TPSA) is 32.3 Å². The summed E-state index contributed by atoms with van der Waals surface area (Å²) < 4.78 is 0. The molecule has 1 atom stereocenters. The van der Waals surface area contributed by atoms with E-state index in [0.29, 0.717) is 6.04 Å². The molecular weight excluding hydrogens is 292 g/mol. The van der Waals surface area contributed by atoms with Crippen molar-refractivity contribution < 1.29 is 4.79 Å². The first kappa shape index (κ1) is 13.7. The number of benzene rings is 2. The molecule has 1 N–H and O–H groups in total. The second kappa shape index (κ2) is 5.36. The van der Waals surface area contributed by atoms with E-state index in [1.165, 1.54) is 4.90 Å². The van der Waals surface area contributed by atoms with Crippen LogP contribution in [0.1, 0.15) is 34.9 Å². The van der Waals surface area contributed by atoms with E-state index in [1.54, 1.807) is 11.8 Å². The van der Waals surface area contributed by atoms with Crippen molar-refractivity contribution in [3.8, 4) is 0 Å². The zero-order chi connectivity index (χ0) is 15.1. The van der Waals surface area contributed by atoms with Gasteiger partial charge in [-0.1, -0.05) is 24.3 Å². The monoisotopic (exact) mass is 310 g/mol. The average Bonchev–Trinajstić information content (AvgIpc) is 3.39. The Hall–Kier alpha value is -1.94. The van der Waals surface area contributed by atoms with E-state index in [1.807, 2.05) is 29.2 Å². The molecule has 0 spiro atoms. The lowest BCUT2D eigenvalue weighted by Gasteiger charge is -2.38. The minimum absolute atomic E-state index is 0.0641. The maximum absolute atomic E-state index is 12.9. The van der Waals surface area contributed by atoms with Gasteiger partial charge in [0.25, 0.3) is 5.91 Å². The van der Waals surface area contributed by atoms with Gasteiger partial charge in [0.2, 0.25) is 0 Å². The Morgan fingerprint density at radius 3 is 2.50 bits per heavy atom. The molecule has 0 bridgehead atoms. The van der Waals surface area contributed by atoms with E-state index in [0.717, 1.165) is 29.7 Å². The van der Waals surface area contributed by atoms with Gasteiger partial charge in [0.1, 0.15) is 6.17 Å². The molecule has 0 aromatic heterocycles. The van der Waals surface area contributed by atoms with Crippen molar-refractivity contribution in [3.63, 3.8) is 0 Å². The van der Waals surface area contributed by atoms with Crippen LogP contribution >= 0.6 is 11.8 Å². The number of carbonyl (C=O) groups is 1. The second-order valence-corrected chi connectivity index (χ2v) is 6.69. The second-order valence-electron chi connectivity index (χ2n) is 5.81. The van der Waals surface area contributed by atoms with Gasteiger partial charge in [-0.05, 0) is 48.9 Å². The summed E-state index contributed by atoms with van der Waals surface area (Å²) in [4.78, 5) is 16.2. The molecule has 112 valence electrons. The first-order valence-corrected chi connectivity index (χ1v) is 8.82. The molecular formula is C18H18N2OS. The molecule has 1 saturated carbocycles. The molecule has 1 aliphatic carbocycles. The lowest BCUT2D eigenvalue weighted by molar-refractivity contribution is 0.0666. The van der Waals surface area contributed by atoms with Crippen LogP contribution in [0.2, 0.25) is 0 Å². The van der Waals surface area contributed by atoms with Crippen molar-refractivity contribution in [2.24, 2.45) is 0 Å². The van der Waals surface area contributed by atoms with E-state index in [4.69, 9.17) is 0 Å². The van der Waals surface area contributed by atoms with E-state index < -0.39 is 0 Å². The van der Waals surface area contributed by atoms with Crippen LogP contribution in [-0.2, 0) is 0 Å². The van der Waals surface area contributed by atoms with Crippen LogP contribution in [-0.4, -0.2) is 23.1 Å². The fraction of sp³-hybridized carbons (Fsp3) is 0.278. The Kier molecular flexibility index (Phi) is 3.34. The summed E-state index contributed by atoms with van der Waals surface area (Å²) in [5, 5.41) is 3.55. The van der Waals surface area contributed by atoms with Crippen molar-refractivity contribution >= 4 is 23.4 Å². The molecule has 2 aromatic carbocycles. The number of carbonyl (C=O) groups excluding carboxylic acids is 1. The van der Waals surface area contributed by atoms with Crippen molar-refractivity contribution in [1.82, 2.24) is 4.90 Å². The standard InChI is InChI=1S/C18H18N2OS/c1-22-14-10-6-12(7-11-14)17-19-16-5-3-2-4-15(16)18(21)20(17)13-8-9-13/h2-7,10-11,13,17,19H,8-9H2,1H3/t17-/m0/s1. The molecule has 2 aliphatic rings. The van der Waals surface area contributed by atoms with Crippen molar-refractivity contribution in [2.45, 2.75) is 29.9 Å². The lowest BCUT2D eigenvalue weighted by atomic mass is 10.0. The molecule has 4 rings (SSSR count). The number of para-hydroxylation sites is 1. The molecule has 22 heavy (non-hydrogen) atoms. The first-order valence-electron chi connectivity index (χ1n) is 7.60. The van der Waals surface area contributed by atoms with Crippen LogP contribution in [0.25, 0.3) is 0 Å². The molecule has 1 heterocycles. The number of hydrogen-bond acceptors (Lipinski definition) is 3. The van der Waals surface area contributed by atoms with Crippen LogP contribution in [0, 0.1) is 0 Å². The number of nitrogens with one attached hydrogen (secondary N) is 1. The number of hydrogen-bond donors (Lipinski definition) is 1. The SMILES string of the molecule is CSc1ccc([C@H]2Nc3ccccc3C(=O)N2C2CC2)cc1. The molecule has 1 aliphatic heterocycles. The van der Waals surface area contributed by atoms with Crippen molar-refractivity contribution in [3.05, 3.63) is 59.7 Å². The largest absolute Gasteiger partial charge is 0.361 e. The molecule has 4 heteroatoms. The number of rotatable bonds is 3. The van der Waals surface area contributed by atoms with E-state index in [2.05, 4.69) is 35.8 Å². The number of thioether (sulfide) groups is 1. The average molecular weight is 310 g/mol. The highest BCUT2D eigenvalue weighted by Gasteiger charge is 2.41. The summed E-state index contributed by atoms with van der Waals surface area (Å²) in [5.74, 6) is 0.149. The Labute approximate surface area is 134 Å². The van der Waals surface area contributed by atoms with Crippen LogP contribution in [0.4, 0.5) is 5.69 Å². The quantitative estimate of drug-likeness (QED) is 0.865. The Balaban J connectivity index is 1.75. The summed E-state index contributed by atoms with van der Waals surface area (Å²) in [6.45, 7) is 0. The number of amides is 1. The Morgan fingerprint density at radius 2 is 1.82 bits per heavy atom. The van der Waals surface area contributed by atoms with Gasteiger partial charge < -0.3 is 10.2 Å². The van der Waals surface area contributed by atoms with Crippen LogP contribution in [0.5, 0.6) is 0 Å². The highest BCUT2D eigenvalue weighted by Crippen LogP contribution is 2.40. The smallest absolute Gasteiger partial charge is 0.258 e. The molecule has 1 fully saturated rings. The van der Waals surface area contributed by atoms with Crippen LogP contribution in [0.3, 0.4) is 0 Å². The number of nitrogens with zero attached hydrogens (tertiary/aromatic N) is 1. The van der Waals surface area contributed by atoms with Crippen molar-refractivity contribution in [2.75, 3.05) is 11.6 Å². The molecule has 0 radical (unpaired) electrons. The van der Waals surface area contributed by atoms with Crippen LogP contribution in [0.15, 0.2) is 53.4 Å². The minimum atomic E-state index is -0.0641. The van der Waals surface area contributed by atoms with Gasteiger partial charge in [-0.2, -0.15) is 0 Å². The predicted molar refractivity (Wildman–Crippen MR) is 90.2 cm³/mol. The highest BCUT2D eigenvalue weighted by molar-refractivity contribution is 7.98. The third-order valence-corrected chi connectivity index (χ3v) is 5.08. The van der Waals surface area contributed by atoms with Gasteiger partial charge >= 0.3 is 0 Å². The number of anilines is 1. The highest BCUT2D eigenvalue weighted by atomic mass is 32.2. The van der Waals surface area contributed by atoms with E-state index in [9.17, 15) is 4.79 Å². The zero-order valence-electron chi connectivity index (χ0n) is 12.5. The van der Waals surface area contributed by atoms with Gasteiger partial charge in [-0.15, -0.1) is 11.8 Å². The molecule has 0 unspecified atom stereocenters. The number of fused-ring (bicyclic) bond motifs is 1. The third-order valence-electron chi connectivity index (χ3n) is 4.33. The van der Waals surface area contributed by atoms with Gasteiger partial charge in [-0.3, -0.25) is 4.79 Å². The van der Waals surface area contributed by atoms with Gasteiger partial charge in [-0.25, -0.2) is 0 Å². The molecule has 2 aromatic rings. The summed E-state index contributed by atoms with van der Waals surface area (Å²) >= 11 is 1.73. The molecule has 1 amide bonds. The predicted octanol–water partition coefficient (Wildman–Crippen LogP) is 4.14.